The van der Waals surface area contributed by atoms with Crippen molar-refractivity contribution in [2.45, 2.75) is 0 Å². The van der Waals surface area contributed by atoms with Crippen molar-refractivity contribution in [3.8, 4) is 0 Å². The van der Waals surface area contributed by atoms with E-state index in [-0.39, 0.29) is 0 Å². The molecule has 0 unspecified atom stereocenters. The molecular formula is C4H4BN3. The van der Waals surface area contributed by atoms with Crippen LogP contribution in [0, 0.1) is 0 Å². The molecule has 0 aliphatic heterocycles. The van der Waals surface area contributed by atoms with E-state index in [0.29, 0.717) is 5.82 Å². The first-order valence-corrected chi connectivity index (χ1v) is 2.18. The summed E-state index contributed by atoms with van der Waals surface area (Å²) in [6.45, 7) is 0. The Balaban J connectivity index is 2.83. The monoisotopic (exact) mass is 105 g/mol. The molecule has 0 aromatic carbocycles. The zero-order valence-electron chi connectivity index (χ0n) is 4.20. The van der Waals surface area contributed by atoms with Gasteiger partial charge in [0.25, 0.3) is 0 Å². The van der Waals surface area contributed by atoms with Crippen LogP contribution in [0.25, 0.3) is 0 Å². The highest BCUT2D eigenvalue weighted by Crippen LogP contribution is 1.92. The van der Waals surface area contributed by atoms with E-state index >= 15 is 0 Å². The Kier molecular flexibility index (Phi) is 1.46. The molecule has 0 saturated carbocycles. The fraction of sp³-hybridized carbons (Fsp3) is 0. The summed E-state index contributed by atoms with van der Waals surface area (Å²) in [5, 5.41) is 9.53. The molecule has 0 bridgehead atoms. The number of nitrogens with one attached hydrogen (secondary N) is 1. The highest BCUT2D eigenvalue weighted by molar-refractivity contribution is 6.15. The highest BCUT2D eigenvalue weighted by Gasteiger charge is 1.81. The Labute approximate surface area is 48.6 Å². The lowest BCUT2D eigenvalue weighted by atomic mass is 10.4. The van der Waals surface area contributed by atoms with Crippen molar-refractivity contribution in [3.63, 3.8) is 0 Å². The molecule has 4 heteroatoms. The van der Waals surface area contributed by atoms with E-state index in [9.17, 15) is 0 Å². The lowest BCUT2D eigenvalue weighted by Gasteiger charge is -1.91. The number of aromatic nitrogens is 2. The predicted octanol–water partition coefficient (Wildman–Crippen LogP) is -0.0280. The lowest BCUT2D eigenvalue weighted by Crippen LogP contribution is -1.93. The smallest absolute Gasteiger partial charge is 0.224 e. The van der Waals surface area contributed by atoms with E-state index in [1.165, 1.54) is 0 Å². The van der Waals surface area contributed by atoms with E-state index in [1.54, 1.807) is 18.3 Å². The van der Waals surface area contributed by atoms with Crippen LogP contribution in [0.1, 0.15) is 0 Å². The van der Waals surface area contributed by atoms with Gasteiger partial charge < -0.3 is 5.23 Å². The quantitative estimate of drug-likeness (QED) is 0.509. The van der Waals surface area contributed by atoms with Crippen LogP contribution < -0.4 is 5.23 Å². The first-order valence-electron chi connectivity index (χ1n) is 2.18. The van der Waals surface area contributed by atoms with Gasteiger partial charge in [-0.05, 0) is 12.1 Å². The molecule has 0 aliphatic rings. The summed E-state index contributed by atoms with van der Waals surface area (Å²) in [4.78, 5) is 0. The van der Waals surface area contributed by atoms with Crippen molar-refractivity contribution in [3.05, 3.63) is 18.3 Å². The van der Waals surface area contributed by atoms with E-state index in [0.717, 1.165) is 0 Å². The molecule has 1 N–H and O–H groups in total. The minimum absolute atomic E-state index is 0.576. The Morgan fingerprint density at radius 3 is 2.88 bits per heavy atom. The fourth-order valence-corrected chi connectivity index (χ4v) is 0.379. The second kappa shape index (κ2) is 2.30. The summed E-state index contributed by atoms with van der Waals surface area (Å²) in [5.41, 5.74) is 0. The standard InChI is InChI=1S/C4H4BN3/c5-7-4-2-1-3-6-8-4/h1-3H,(H,7,8). The molecule has 0 fully saturated rings. The topological polar surface area (TPSA) is 37.8 Å². The number of nitrogens with zero attached hydrogens (tertiary/aromatic N) is 2. The molecule has 0 spiro atoms. The lowest BCUT2D eigenvalue weighted by molar-refractivity contribution is 1.04. The molecule has 2 radical (unpaired) electrons. The summed E-state index contributed by atoms with van der Waals surface area (Å²) >= 11 is 0. The van der Waals surface area contributed by atoms with Crippen molar-refractivity contribution >= 4 is 13.8 Å². The van der Waals surface area contributed by atoms with Gasteiger partial charge >= 0.3 is 0 Å². The van der Waals surface area contributed by atoms with Crippen molar-refractivity contribution < 1.29 is 0 Å². The molecule has 0 saturated heterocycles. The van der Waals surface area contributed by atoms with Gasteiger partial charge in [-0.3, -0.25) is 0 Å². The number of rotatable bonds is 1. The zero-order chi connectivity index (χ0) is 5.82. The van der Waals surface area contributed by atoms with Crippen LogP contribution in [-0.4, -0.2) is 18.2 Å². The van der Waals surface area contributed by atoms with Gasteiger partial charge in [0, 0.05) is 6.20 Å². The van der Waals surface area contributed by atoms with Crippen LogP contribution in [0.5, 0.6) is 0 Å². The molecule has 1 aromatic heterocycles. The molecule has 0 amide bonds. The van der Waals surface area contributed by atoms with Gasteiger partial charge in [0.1, 0.15) is 5.82 Å². The van der Waals surface area contributed by atoms with Crippen LogP contribution >= 0.6 is 0 Å². The van der Waals surface area contributed by atoms with E-state index in [1.807, 2.05) is 0 Å². The fourth-order valence-electron chi connectivity index (χ4n) is 0.379. The van der Waals surface area contributed by atoms with E-state index in [4.69, 9.17) is 7.98 Å². The zero-order valence-corrected chi connectivity index (χ0v) is 4.20. The van der Waals surface area contributed by atoms with Crippen molar-refractivity contribution in [2.24, 2.45) is 0 Å². The normalized spacial score (nSPS) is 8.50. The van der Waals surface area contributed by atoms with Gasteiger partial charge in [-0.2, -0.15) is 5.10 Å². The number of anilines is 1. The molecule has 8 heavy (non-hydrogen) atoms. The van der Waals surface area contributed by atoms with Crippen LogP contribution in [0.2, 0.25) is 0 Å². The maximum atomic E-state index is 5.00. The highest BCUT2D eigenvalue weighted by atomic mass is 15.1. The molecule has 1 heterocycles. The van der Waals surface area contributed by atoms with Crippen LogP contribution in [0.4, 0.5) is 5.82 Å². The third-order valence-electron chi connectivity index (χ3n) is 0.720. The van der Waals surface area contributed by atoms with Gasteiger partial charge in [-0.15, -0.1) is 5.10 Å². The average molecular weight is 105 g/mol. The third kappa shape index (κ3) is 0.962. The molecule has 3 nitrogen and oxygen atoms in total. The largest absolute Gasteiger partial charge is 0.421 e. The minimum Gasteiger partial charge on any atom is -0.421 e. The first kappa shape index (κ1) is 5.09. The molecule has 0 atom stereocenters. The summed E-state index contributed by atoms with van der Waals surface area (Å²) in [6, 6.07) is 3.48. The number of hydrogen-bond acceptors (Lipinski definition) is 3. The van der Waals surface area contributed by atoms with E-state index in [2.05, 4.69) is 15.4 Å². The predicted molar refractivity (Wildman–Crippen MR) is 31.4 cm³/mol. The molecule has 1 aromatic rings. The summed E-state index contributed by atoms with van der Waals surface area (Å²) in [5.74, 6) is 0.576. The third-order valence-corrected chi connectivity index (χ3v) is 0.720. The first-order chi connectivity index (χ1) is 3.93. The van der Waals surface area contributed by atoms with Crippen molar-refractivity contribution in [2.75, 3.05) is 5.23 Å². The Bertz CT molecular complexity index is 153. The summed E-state index contributed by atoms with van der Waals surface area (Å²) < 4.78 is 0. The maximum Gasteiger partial charge on any atom is 0.224 e. The second-order valence-corrected chi connectivity index (χ2v) is 1.25. The van der Waals surface area contributed by atoms with Crippen LogP contribution in [0.3, 0.4) is 0 Å². The SMILES string of the molecule is [B]Nc1cccnn1. The van der Waals surface area contributed by atoms with E-state index < -0.39 is 0 Å². The van der Waals surface area contributed by atoms with Gasteiger partial charge in [-0.1, -0.05) is 0 Å². The Hall–Kier alpha value is -1.06. The minimum atomic E-state index is 0.576. The maximum absolute atomic E-state index is 5.00. The Morgan fingerprint density at radius 2 is 2.50 bits per heavy atom. The second-order valence-electron chi connectivity index (χ2n) is 1.25. The summed E-state index contributed by atoms with van der Waals surface area (Å²) in [7, 11) is 5.00. The van der Waals surface area contributed by atoms with Gasteiger partial charge in [0.15, 0.2) is 0 Å². The summed E-state index contributed by atoms with van der Waals surface area (Å²) in [6.07, 6.45) is 1.58. The molecule has 1 rings (SSSR count). The average Bonchev–Trinajstić information content (AvgIpc) is 1.90. The van der Waals surface area contributed by atoms with Crippen molar-refractivity contribution in [1.29, 1.82) is 0 Å². The van der Waals surface area contributed by atoms with Crippen molar-refractivity contribution in [1.82, 2.24) is 10.2 Å². The number of hydrogen-bond donors (Lipinski definition) is 1. The molecule has 38 valence electrons. The van der Waals surface area contributed by atoms with Crippen LogP contribution in [-0.2, 0) is 0 Å². The van der Waals surface area contributed by atoms with Crippen LogP contribution in [0.15, 0.2) is 18.3 Å². The Morgan fingerprint density at radius 1 is 1.62 bits per heavy atom. The van der Waals surface area contributed by atoms with Gasteiger partial charge in [0.2, 0.25) is 7.98 Å². The molecular weight excluding hydrogens is 101 g/mol. The molecule has 0 aliphatic carbocycles. The van der Waals surface area contributed by atoms with Gasteiger partial charge in [0.05, 0.1) is 0 Å². The van der Waals surface area contributed by atoms with Gasteiger partial charge in [-0.25, -0.2) is 0 Å².